The molecular weight excluding hydrogens is 196 g/mol. The highest BCUT2D eigenvalue weighted by Crippen LogP contribution is 2.29. The summed E-state index contributed by atoms with van der Waals surface area (Å²) >= 11 is 0. The van der Waals surface area contributed by atoms with Crippen molar-refractivity contribution in [2.75, 3.05) is 6.61 Å². The van der Waals surface area contributed by atoms with Crippen molar-refractivity contribution in [3.05, 3.63) is 0 Å². The van der Waals surface area contributed by atoms with Gasteiger partial charge in [0.15, 0.2) is 0 Å². The van der Waals surface area contributed by atoms with Gasteiger partial charge in [0.2, 0.25) is 0 Å². The van der Waals surface area contributed by atoms with Crippen LogP contribution in [0.4, 0.5) is 0 Å². The molecule has 0 aromatic rings. The first-order valence-corrected chi connectivity index (χ1v) is 7.29. The number of aliphatic hydroxyl groups excluding tert-OH is 1. The van der Waals surface area contributed by atoms with Gasteiger partial charge in [-0.25, -0.2) is 0 Å². The third-order valence-electron chi connectivity index (χ3n) is 3.62. The van der Waals surface area contributed by atoms with Crippen molar-refractivity contribution in [3.8, 4) is 0 Å². The highest BCUT2D eigenvalue weighted by atomic mass is 16.3. The zero-order valence-corrected chi connectivity index (χ0v) is 11.7. The number of hydrogen-bond donors (Lipinski definition) is 1. The van der Waals surface area contributed by atoms with Crippen LogP contribution in [0.5, 0.6) is 0 Å². The Kier molecular flexibility index (Phi) is 10.1. The predicted molar refractivity (Wildman–Crippen MR) is 72.7 cm³/mol. The SMILES string of the molecule is CCCCCCCCCC(C)(CO)CCC. The van der Waals surface area contributed by atoms with E-state index in [2.05, 4.69) is 20.8 Å². The van der Waals surface area contributed by atoms with Crippen molar-refractivity contribution in [1.82, 2.24) is 0 Å². The Labute approximate surface area is 103 Å². The van der Waals surface area contributed by atoms with Gasteiger partial charge in [-0.15, -0.1) is 0 Å². The Morgan fingerprint density at radius 1 is 0.750 bits per heavy atom. The fraction of sp³-hybridized carbons (Fsp3) is 1.00. The molecule has 1 heteroatoms. The molecular formula is C15H32O. The monoisotopic (exact) mass is 228 g/mol. The molecule has 0 aliphatic rings. The Balaban J connectivity index is 3.41. The highest BCUT2D eigenvalue weighted by molar-refractivity contribution is 4.72. The fourth-order valence-corrected chi connectivity index (χ4v) is 2.40. The zero-order valence-electron chi connectivity index (χ0n) is 11.7. The molecule has 16 heavy (non-hydrogen) atoms. The van der Waals surface area contributed by atoms with Crippen LogP contribution in [0.15, 0.2) is 0 Å². The van der Waals surface area contributed by atoms with E-state index in [1.807, 2.05) is 0 Å². The smallest absolute Gasteiger partial charge is 0.0484 e. The van der Waals surface area contributed by atoms with E-state index in [0.29, 0.717) is 6.61 Å². The zero-order chi connectivity index (χ0) is 12.3. The fourth-order valence-electron chi connectivity index (χ4n) is 2.40. The summed E-state index contributed by atoms with van der Waals surface area (Å²) in [5.74, 6) is 0. The molecule has 0 aliphatic heterocycles. The molecule has 0 aromatic carbocycles. The van der Waals surface area contributed by atoms with Crippen molar-refractivity contribution >= 4 is 0 Å². The summed E-state index contributed by atoms with van der Waals surface area (Å²) < 4.78 is 0. The Hall–Kier alpha value is -0.0400. The van der Waals surface area contributed by atoms with E-state index in [4.69, 9.17) is 0 Å². The lowest BCUT2D eigenvalue weighted by Crippen LogP contribution is -2.20. The first kappa shape index (κ1) is 16.0. The Bertz CT molecular complexity index is 144. The molecule has 0 aliphatic carbocycles. The Morgan fingerprint density at radius 3 is 1.81 bits per heavy atom. The standard InChI is InChI=1S/C15H32O/c1-4-6-7-8-9-10-11-13-15(3,14-16)12-5-2/h16H,4-14H2,1-3H3. The first-order chi connectivity index (χ1) is 7.68. The lowest BCUT2D eigenvalue weighted by atomic mass is 9.81. The van der Waals surface area contributed by atoms with Crippen LogP contribution in [0.2, 0.25) is 0 Å². The highest BCUT2D eigenvalue weighted by Gasteiger charge is 2.21. The van der Waals surface area contributed by atoms with Crippen molar-refractivity contribution in [3.63, 3.8) is 0 Å². The lowest BCUT2D eigenvalue weighted by molar-refractivity contribution is 0.119. The van der Waals surface area contributed by atoms with Crippen molar-refractivity contribution < 1.29 is 5.11 Å². The normalized spacial score (nSPS) is 15.0. The maximum atomic E-state index is 9.39. The topological polar surface area (TPSA) is 20.2 Å². The molecule has 1 unspecified atom stereocenters. The second kappa shape index (κ2) is 10.1. The van der Waals surface area contributed by atoms with Crippen LogP contribution < -0.4 is 0 Å². The van der Waals surface area contributed by atoms with E-state index in [1.165, 1.54) is 64.2 Å². The molecule has 0 heterocycles. The predicted octanol–water partition coefficient (Wildman–Crippen LogP) is 4.93. The summed E-state index contributed by atoms with van der Waals surface area (Å²) in [6.45, 7) is 7.06. The molecule has 0 saturated heterocycles. The molecule has 1 atom stereocenters. The molecule has 0 aromatic heterocycles. The maximum absolute atomic E-state index is 9.39. The van der Waals surface area contributed by atoms with Gasteiger partial charge in [0.25, 0.3) is 0 Å². The van der Waals surface area contributed by atoms with Gasteiger partial charge >= 0.3 is 0 Å². The molecule has 1 N–H and O–H groups in total. The largest absolute Gasteiger partial charge is 0.396 e. The van der Waals surface area contributed by atoms with Gasteiger partial charge in [-0.1, -0.05) is 72.1 Å². The number of aliphatic hydroxyl groups is 1. The molecule has 0 fully saturated rings. The van der Waals surface area contributed by atoms with Gasteiger partial charge in [-0.3, -0.25) is 0 Å². The van der Waals surface area contributed by atoms with Crippen LogP contribution in [-0.2, 0) is 0 Å². The van der Waals surface area contributed by atoms with Gasteiger partial charge < -0.3 is 5.11 Å². The van der Waals surface area contributed by atoms with Crippen molar-refractivity contribution in [2.45, 2.75) is 85.0 Å². The number of unbranched alkanes of at least 4 members (excludes halogenated alkanes) is 6. The molecule has 1 nitrogen and oxygen atoms in total. The van der Waals surface area contributed by atoms with Gasteiger partial charge in [0, 0.05) is 6.61 Å². The summed E-state index contributed by atoms with van der Waals surface area (Å²) in [6, 6.07) is 0. The second-order valence-corrected chi connectivity index (χ2v) is 5.59. The van der Waals surface area contributed by atoms with Crippen LogP contribution >= 0.6 is 0 Å². The van der Waals surface area contributed by atoms with Crippen LogP contribution in [0.3, 0.4) is 0 Å². The van der Waals surface area contributed by atoms with Crippen molar-refractivity contribution in [1.29, 1.82) is 0 Å². The van der Waals surface area contributed by atoms with Gasteiger partial charge in [-0.05, 0) is 18.3 Å². The molecule has 0 amide bonds. The van der Waals surface area contributed by atoms with E-state index < -0.39 is 0 Å². The van der Waals surface area contributed by atoms with E-state index >= 15 is 0 Å². The van der Waals surface area contributed by atoms with E-state index in [-0.39, 0.29) is 5.41 Å². The maximum Gasteiger partial charge on any atom is 0.0484 e. The Morgan fingerprint density at radius 2 is 1.31 bits per heavy atom. The molecule has 0 rings (SSSR count). The molecule has 0 bridgehead atoms. The van der Waals surface area contributed by atoms with Crippen LogP contribution in [0.25, 0.3) is 0 Å². The van der Waals surface area contributed by atoms with Gasteiger partial charge in [0.1, 0.15) is 0 Å². The van der Waals surface area contributed by atoms with Gasteiger partial charge in [-0.2, -0.15) is 0 Å². The lowest BCUT2D eigenvalue weighted by Gasteiger charge is -2.26. The minimum absolute atomic E-state index is 0.193. The van der Waals surface area contributed by atoms with E-state index in [1.54, 1.807) is 0 Å². The summed E-state index contributed by atoms with van der Waals surface area (Å²) in [6.07, 6.45) is 13.1. The molecule has 0 saturated carbocycles. The van der Waals surface area contributed by atoms with E-state index in [9.17, 15) is 5.11 Å². The average Bonchev–Trinajstić information content (AvgIpc) is 2.28. The molecule has 0 spiro atoms. The summed E-state index contributed by atoms with van der Waals surface area (Å²) in [4.78, 5) is 0. The number of hydrogen-bond acceptors (Lipinski definition) is 1. The summed E-state index contributed by atoms with van der Waals surface area (Å²) in [5.41, 5.74) is 0.193. The van der Waals surface area contributed by atoms with Crippen LogP contribution in [0.1, 0.15) is 85.0 Å². The molecule has 0 radical (unpaired) electrons. The third kappa shape index (κ3) is 8.15. The minimum Gasteiger partial charge on any atom is -0.396 e. The number of rotatable bonds is 11. The van der Waals surface area contributed by atoms with Crippen molar-refractivity contribution in [2.24, 2.45) is 5.41 Å². The first-order valence-electron chi connectivity index (χ1n) is 7.29. The third-order valence-corrected chi connectivity index (χ3v) is 3.62. The minimum atomic E-state index is 0.193. The second-order valence-electron chi connectivity index (χ2n) is 5.59. The van der Waals surface area contributed by atoms with Crippen LogP contribution in [0, 0.1) is 5.41 Å². The van der Waals surface area contributed by atoms with Gasteiger partial charge in [0.05, 0.1) is 0 Å². The van der Waals surface area contributed by atoms with Crippen LogP contribution in [-0.4, -0.2) is 11.7 Å². The molecule has 98 valence electrons. The quantitative estimate of drug-likeness (QED) is 0.497. The summed E-state index contributed by atoms with van der Waals surface area (Å²) in [5, 5.41) is 9.39. The van der Waals surface area contributed by atoms with E-state index in [0.717, 1.165) is 0 Å². The average molecular weight is 228 g/mol. The summed E-state index contributed by atoms with van der Waals surface area (Å²) in [7, 11) is 0.